The fraction of sp³-hybridized carbons (Fsp3) is 0.455. The van der Waals surface area contributed by atoms with E-state index in [0.717, 1.165) is 5.75 Å². The van der Waals surface area contributed by atoms with Crippen LogP contribution in [-0.4, -0.2) is 6.26 Å². The topological polar surface area (TPSA) is 0 Å². The van der Waals surface area contributed by atoms with Crippen LogP contribution in [0.5, 0.6) is 0 Å². The molecular weight excluding hydrogens is 164 g/mol. The van der Waals surface area contributed by atoms with Crippen LogP contribution < -0.4 is 0 Å². The fourth-order valence-corrected chi connectivity index (χ4v) is 2.33. The number of aryl methyl sites for hydroxylation is 3. The number of hydrogen-bond donors (Lipinski definition) is 0. The summed E-state index contributed by atoms with van der Waals surface area (Å²) in [6, 6.07) is 4.52. The Morgan fingerprint density at radius 1 is 1.08 bits per heavy atom. The molecule has 0 radical (unpaired) electrons. The molecule has 12 heavy (non-hydrogen) atoms. The molecule has 1 aromatic carbocycles. The number of hydrogen-bond acceptors (Lipinski definition) is 1. The lowest BCUT2D eigenvalue weighted by Gasteiger charge is -2.09. The molecule has 0 aliphatic rings. The first-order chi connectivity index (χ1) is 5.65. The zero-order valence-electron chi connectivity index (χ0n) is 8.27. The summed E-state index contributed by atoms with van der Waals surface area (Å²) in [7, 11) is 0. The molecule has 0 nitrogen and oxygen atoms in total. The van der Waals surface area contributed by atoms with E-state index in [1.165, 1.54) is 22.3 Å². The summed E-state index contributed by atoms with van der Waals surface area (Å²) < 4.78 is 0. The maximum Gasteiger partial charge on any atom is 0.0187 e. The van der Waals surface area contributed by atoms with E-state index in [2.05, 4.69) is 39.2 Å². The van der Waals surface area contributed by atoms with Gasteiger partial charge in [-0.2, -0.15) is 11.8 Å². The van der Waals surface area contributed by atoms with E-state index in [1.807, 2.05) is 11.8 Å². The van der Waals surface area contributed by atoms with Gasteiger partial charge in [-0.05, 0) is 43.7 Å². The van der Waals surface area contributed by atoms with Crippen LogP contribution in [0.1, 0.15) is 22.3 Å². The fourth-order valence-electron chi connectivity index (χ4n) is 1.58. The lowest BCUT2D eigenvalue weighted by atomic mass is 10.0. The van der Waals surface area contributed by atoms with Crippen molar-refractivity contribution in [2.45, 2.75) is 26.5 Å². The number of benzene rings is 1. The first kappa shape index (κ1) is 9.66. The third kappa shape index (κ3) is 2.04. The van der Waals surface area contributed by atoms with E-state index < -0.39 is 0 Å². The van der Waals surface area contributed by atoms with Crippen LogP contribution in [0.4, 0.5) is 0 Å². The highest BCUT2D eigenvalue weighted by Crippen LogP contribution is 2.20. The van der Waals surface area contributed by atoms with E-state index in [9.17, 15) is 0 Å². The minimum atomic E-state index is 1.14. The predicted molar refractivity (Wildman–Crippen MR) is 57.9 cm³/mol. The summed E-state index contributed by atoms with van der Waals surface area (Å²) in [5.41, 5.74) is 5.74. The van der Waals surface area contributed by atoms with Gasteiger partial charge in [0.15, 0.2) is 0 Å². The van der Waals surface area contributed by atoms with Gasteiger partial charge in [0.2, 0.25) is 0 Å². The third-order valence-electron chi connectivity index (χ3n) is 2.13. The lowest BCUT2D eigenvalue weighted by molar-refractivity contribution is 1.21. The van der Waals surface area contributed by atoms with E-state index in [-0.39, 0.29) is 0 Å². The highest BCUT2D eigenvalue weighted by atomic mass is 32.2. The van der Waals surface area contributed by atoms with Gasteiger partial charge < -0.3 is 0 Å². The zero-order chi connectivity index (χ0) is 9.14. The molecular formula is C11H16S. The standard InChI is InChI=1S/C11H16S/c1-8-5-9(2)11(7-12-4)10(3)6-8/h5-6H,7H2,1-4H3. The number of thioether (sulfide) groups is 1. The Balaban J connectivity index is 3.10. The molecule has 0 spiro atoms. The average Bonchev–Trinajstić information content (AvgIpc) is 1.96. The first-order valence-corrected chi connectivity index (χ1v) is 5.60. The molecule has 0 aliphatic carbocycles. The minimum Gasteiger partial charge on any atom is -0.161 e. The molecule has 0 unspecified atom stereocenters. The van der Waals surface area contributed by atoms with Gasteiger partial charge in [-0.1, -0.05) is 17.7 Å². The Kier molecular flexibility index (Phi) is 3.21. The molecule has 66 valence electrons. The molecule has 0 N–H and O–H groups in total. The summed E-state index contributed by atoms with van der Waals surface area (Å²) in [5.74, 6) is 1.14. The zero-order valence-corrected chi connectivity index (χ0v) is 9.09. The van der Waals surface area contributed by atoms with Gasteiger partial charge in [0.25, 0.3) is 0 Å². The maximum absolute atomic E-state index is 2.26. The molecule has 0 saturated carbocycles. The smallest absolute Gasteiger partial charge is 0.0187 e. The van der Waals surface area contributed by atoms with Crippen molar-refractivity contribution in [3.05, 3.63) is 34.4 Å². The van der Waals surface area contributed by atoms with E-state index in [4.69, 9.17) is 0 Å². The quantitative estimate of drug-likeness (QED) is 0.671. The Bertz CT molecular complexity index is 253. The Hall–Kier alpha value is -0.430. The van der Waals surface area contributed by atoms with Crippen molar-refractivity contribution in [1.82, 2.24) is 0 Å². The van der Waals surface area contributed by atoms with Gasteiger partial charge in [-0.25, -0.2) is 0 Å². The van der Waals surface area contributed by atoms with Gasteiger partial charge in [0.05, 0.1) is 0 Å². The highest BCUT2D eigenvalue weighted by molar-refractivity contribution is 7.97. The van der Waals surface area contributed by atoms with Gasteiger partial charge in [0, 0.05) is 5.75 Å². The Morgan fingerprint density at radius 3 is 2.00 bits per heavy atom. The monoisotopic (exact) mass is 180 g/mol. The third-order valence-corrected chi connectivity index (χ3v) is 2.71. The molecule has 0 amide bonds. The van der Waals surface area contributed by atoms with Crippen LogP contribution >= 0.6 is 11.8 Å². The molecule has 0 heterocycles. The van der Waals surface area contributed by atoms with Crippen molar-refractivity contribution in [3.63, 3.8) is 0 Å². The van der Waals surface area contributed by atoms with Crippen LogP contribution in [0.15, 0.2) is 12.1 Å². The molecule has 0 bridgehead atoms. The molecule has 0 aromatic heterocycles. The van der Waals surface area contributed by atoms with Crippen LogP contribution in [-0.2, 0) is 5.75 Å². The van der Waals surface area contributed by atoms with Crippen molar-refractivity contribution in [2.24, 2.45) is 0 Å². The SMILES string of the molecule is CSCc1c(C)cc(C)cc1C. The summed E-state index contributed by atoms with van der Waals surface area (Å²) in [6.07, 6.45) is 2.15. The lowest BCUT2D eigenvalue weighted by Crippen LogP contribution is -1.92. The second-order valence-corrected chi connectivity index (χ2v) is 4.18. The van der Waals surface area contributed by atoms with Crippen molar-refractivity contribution in [2.75, 3.05) is 6.26 Å². The van der Waals surface area contributed by atoms with Crippen molar-refractivity contribution < 1.29 is 0 Å². The molecule has 0 saturated heterocycles. The van der Waals surface area contributed by atoms with Gasteiger partial charge in [0.1, 0.15) is 0 Å². The van der Waals surface area contributed by atoms with E-state index in [0.29, 0.717) is 0 Å². The van der Waals surface area contributed by atoms with Crippen molar-refractivity contribution in [3.8, 4) is 0 Å². The first-order valence-electron chi connectivity index (χ1n) is 4.21. The van der Waals surface area contributed by atoms with Gasteiger partial charge in [-0.3, -0.25) is 0 Å². The predicted octanol–water partition coefficient (Wildman–Crippen LogP) is 3.47. The van der Waals surface area contributed by atoms with Crippen LogP contribution in [0.2, 0.25) is 0 Å². The summed E-state index contributed by atoms with van der Waals surface area (Å²) in [6.45, 7) is 6.56. The van der Waals surface area contributed by atoms with Crippen LogP contribution in [0.3, 0.4) is 0 Å². The second kappa shape index (κ2) is 3.99. The summed E-state index contributed by atoms with van der Waals surface area (Å²) in [4.78, 5) is 0. The molecule has 1 aromatic rings. The van der Waals surface area contributed by atoms with Crippen LogP contribution in [0.25, 0.3) is 0 Å². The number of rotatable bonds is 2. The van der Waals surface area contributed by atoms with Gasteiger partial charge >= 0.3 is 0 Å². The van der Waals surface area contributed by atoms with E-state index in [1.54, 1.807) is 0 Å². The molecule has 0 aliphatic heterocycles. The highest BCUT2D eigenvalue weighted by Gasteiger charge is 2.01. The summed E-state index contributed by atoms with van der Waals surface area (Å²) >= 11 is 1.89. The normalized spacial score (nSPS) is 10.3. The Labute approximate surface area is 79.4 Å². The van der Waals surface area contributed by atoms with E-state index >= 15 is 0 Å². The summed E-state index contributed by atoms with van der Waals surface area (Å²) in [5, 5.41) is 0. The maximum atomic E-state index is 2.26. The second-order valence-electron chi connectivity index (χ2n) is 3.31. The van der Waals surface area contributed by atoms with Crippen LogP contribution in [0, 0.1) is 20.8 Å². The Morgan fingerprint density at radius 2 is 1.58 bits per heavy atom. The van der Waals surface area contributed by atoms with Gasteiger partial charge in [-0.15, -0.1) is 0 Å². The average molecular weight is 180 g/mol. The largest absolute Gasteiger partial charge is 0.161 e. The molecule has 1 heteroatoms. The molecule has 1 rings (SSSR count). The van der Waals surface area contributed by atoms with Crippen molar-refractivity contribution >= 4 is 11.8 Å². The van der Waals surface area contributed by atoms with Crippen molar-refractivity contribution in [1.29, 1.82) is 0 Å². The molecule has 0 atom stereocenters. The molecule has 0 fully saturated rings. The minimum absolute atomic E-state index is 1.14.